The quantitative estimate of drug-likeness (QED) is 0.355. The van der Waals surface area contributed by atoms with Crippen molar-refractivity contribution >= 4 is 56.6 Å². The van der Waals surface area contributed by atoms with Crippen LogP contribution in [0.2, 0.25) is 15.1 Å². The summed E-state index contributed by atoms with van der Waals surface area (Å²) in [4.78, 5) is 24.6. The smallest absolute Gasteiger partial charge is 0.243 e. The zero-order valence-corrected chi connectivity index (χ0v) is 20.6. The molecule has 0 saturated heterocycles. The Balaban J connectivity index is 1.81. The fourth-order valence-corrected chi connectivity index (χ4v) is 6.65. The van der Waals surface area contributed by atoms with E-state index < -0.39 is 27.4 Å². The molecule has 3 unspecified atom stereocenters. The van der Waals surface area contributed by atoms with E-state index in [-0.39, 0.29) is 37.8 Å². The third-order valence-electron chi connectivity index (χ3n) is 6.17. The van der Waals surface area contributed by atoms with Crippen molar-refractivity contribution < 1.29 is 18.0 Å². The molecule has 2 aliphatic rings. The van der Waals surface area contributed by atoms with Gasteiger partial charge in [-0.25, -0.2) is 8.42 Å². The molecule has 7 nitrogen and oxygen atoms in total. The summed E-state index contributed by atoms with van der Waals surface area (Å²) in [5, 5.41) is 3.07. The van der Waals surface area contributed by atoms with Crippen LogP contribution in [-0.2, 0) is 19.6 Å². The maximum absolute atomic E-state index is 13.3. The molecule has 0 aromatic heterocycles. The summed E-state index contributed by atoms with van der Waals surface area (Å²) in [6, 6.07) is 2.11. The Bertz CT molecular complexity index is 1040. The van der Waals surface area contributed by atoms with Crippen molar-refractivity contribution in [3.05, 3.63) is 39.4 Å². The molecule has 11 heteroatoms. The minimum Gasteiger partial charge on any atom is -0.369 e. The van der Waals surface area contributed by atoms with Gasteiger partial charge in [-0.3, -0.25) is 9.59 Å². The molecule has 0 heterocycles. The normalized spacial score (nSPS) is 24.6. The molecular formula is C21H26Cl3N3O4S. The molecule has 2 amide bonds. The highest BCUT2D eigenvalue weighted by molar-refractivity contribution is 7.89. The van der Waals surface area contributed by atoms with Crippen molar-refractivity contribution in [3.63, 3.8) is 0 Å². The van der Waals surface area contributed by atoms with E-state index in [1.54, 1.807) is 12.2 Å². The van der Waals surface area contributed by atoms with Gasteiger partial charge in [-0.15, -0.1) is 0 Å². The van der Waals surface area contributed by atoms with E-state index in [0.29, 0.717) is 25.7 Å². The number of amides is 2. The van der Waals surface area contributed by atoms with Gasteiger partial charge in [0.1, 0.15) is 10.4 Å². The van der Waals surface area contributed by atoms with E-state index >= 15 is 0 Å². The average Bonchev–Trinajstić information content (AvgIpc) is 2.68. The van der Waals surface area contributed by atoms with Crippen LogP contribution in [0.3, 0.4) is 0 Å². The first-order valence-corrected chi connectivity index (χ1v) is 13.1. The molecule has 0 bridgehead atoms. The van der Waals surface area contributed by atoms with Crippen molar-refractivity contribution in [1.29, 1.82) is 0 Å². The SMILES string of the molecule is CCCC1CC(C(N)=O)C=CC1NC(=O)C1(NS(=O)(=O)c2cc(Cl)c(Cl)cc2Cl)CCC1. The second-order valence-corrected chi connectivity index (χ2v) is 11.3. The van der Waals surface area contributed by atoms with Crippen LogP contribution in [0.1, 0.15) is 45.4 Å². The monoisotopic (exact) mass is 521 g/mol. The highest BCUT2D eigenvalue weighted by Crippen LogP contribution is 2.37. The molecule has 1 aromatic carbocycles. The lowest BCUT2D eigenvalue weighted by atomic mass is 9.75. The maximum atomic E-state index is 13.3. The number of carbonyl (C=O) groups is 2. The van der Waals surface area contributed by atoms with E-state index in [0.717, 1.165) is 12.8 Å². The number of halogens is 3. The first-order chi connectivity index (χ1) is 15.0. The average molecular weight is 523 g/mol. The van der Waals surface area contributed by atoms with Crippen molar-refractivity contribution in [2.24, 2.45) is 17.6 Å². The lowest BCUT2D eigenvalue weighted by Gasteiger charge is -2.42. The van der Waals surface area contributed by atoms with Gasteiger partial charge in [-0.05, 0) is 50.2 Å². The molecule has 3 atom stereocenters. The second kappa shape index (κ2) is 9.89. The molecule has 0 spiro atoms. The van der Waals surface area contributed by atoms with Crippen molar-refractivity contribution in [3.8, 4) is 0 Å². The number of carbonyl (C=O) groups excluding carboxylic acids is 2. The molecule has 176 valence electrons. The van der Waals surface area contributed by atoms with Gasteiger partial charge in [0.2, 0.25) is 21.8 Å². The fraction of sp³-hybridized carbons (Fsp3) is 0.524. The van der Waals surface area contributed by atoms with Gasteiger partial charge in [0, 0.05) is 0 Å². The molecule has 4 N–H and O–H groups in total. The van der Waals surface area contributed by atoms with Crippen LogP contribution in [0.15, 0.2) is 29.2 Å². The minimum atomic E-state index is -4.14. The Morgan fingerprint density at radius 2 is 1.78 bits per heavy atom. The molecule has 0 aliphatic heterocycles. The summed E-state index contributed by atoms with van der Waals surface area (Å²) in [7, 11) is -4.14. The molecule has 3 rings (SSSR count). The highest BCUT2D eigenvalue weighted by atomic mass is 35.5. The Kier molecular flexibility index (Phi) is 7.82. The van der Waals surface area contributed by atoms with Gasteiger partial charge in [-0.1, -0.05) is 60.3 Å². The largest absolute Gasteiger partial charge is 0.369 e. The van der Waals surface area contributed by atoms with Gasteiger partial charge in [-0.2, -0.15) is 4.72 Å². The van der Waals surface area contributed by atoms with Crippen LogP contribution in [0.4, 0.5) is 0 Å². The van der Waals surface area contributed by atoms with Gasteiger partial charge in [0.25, 0.3) is 0 Å². The first kappa shape index (κ1) is 25.3. The molecule has 1 saturated carbocycles. The number of sulfonamides is 1. The predicted molar refractivity (Wildman–Crippen MR) is 125 cm³/mol. The van der Waals surface area contributed by atoms with Crippen molar-refractivity contribution in [2.45, 2.75) is 61.9 Å². The van der Waals surface area contributed by atoms with E-state index in [1.165, 1.54) is 12.1 Å². The molecule has 0 radical (unpaired) electrons. The topological polar surface area (TPSA) is 118 Å². The summed E-state index contributed by atoms with van der Waals surface area (Å²) in [6.07, 6.45) is 7.14. The second-order valence-electron chi connectivity index (χ2n) is 8.42. The first-order valence-electron chi connectivity index (χ1n) is 10.5. The number of rotatable bonds is 8. The summed E-state index contributed by atoms with van der Waals surface area (Å²) in [5.41, 5.74) is 4.17. The Hall–Kier alpha value is -1.32. The van der Waals surface area contributed by atoms with Crippen LogP contribution in [0.25, 0.3) is 0 Å². The molecular weight excluding hydrogens is 497 g/mol. The van der Waals surface area contributed by atoms with Gasteiger partial charge in [0.15, 0.2) is 0 Å². The number of benzene rings is 1. The van der Waals surface area contributed by atoms with Crippen molar-refractivity contribution in [1.82, 2.24) is 10.0 Å². The Morgan fingerprint density at radius 1 is 1.12 bits per heavy atom. The van der Waals surface area contributed by atoms with Gasteiger partial charge >= 0.3 is 0 Å². The third-order valence-corrected chi connectivity index (χ3v) is 8.90. The Morgan fingerprint density at radius 3 is 2.34 bits per heavy atom. The number of hydrogen-bond donors (Lipinski definition) is 3. The number of nitrogens with one attached hydrogen (secondary N) is 2. The minimum absolute atomic E-state index is 0.0321. The Labute approximate surface area is 203 Å². The van der Waals surface area contributed by atoms with Gasteiger partial charge < -0.3 is 11.1 Å². The maximum Gasteiger partial charge on any atom is 0.243 e. The standard InChI is InChI=1S/C21H26Cl3N3O4S/c1-2-4-12-9-13(19(25)28)5-6-17(12)26-20(29)21(7-3-8-21)27-32(30,31)18-11-15(23)14(22)10-16(18)24/h5-6,10-13,17,27H,2-4,7-9H2,1H3,(H2,25,28)(H,26,29). The number of hydrogen-bond acceptors (Lipinski definition) is 4. The summed E-state index contributed by atoms with van der Waals surface area (Å²) < 4.78 is 28.7. The van der Waals surface area contributed by atoms with Crippen molar-refractivity contribution in [2.75, 3.05) is 0 Å². The molecule has 1 aromatic rings. The summed E-state index contributed by atoms with van der Waals surface area (Å²) in [6.45, 7) is 2.03. The van der Waals surface area contributed by atoms with Gasteiger partial charge in [0.05, 0.1) is 27.0 Å². The zero-order valence-electron chi connectivity index (χ0n) is 17.5. The highest BCUT2D eigenvalue weighted by Gasteiger charge is 2.48. The lowest BCUT2D eigenvalue weighted by Crippen LogP contribution is -2.64. The van der Waals surface area contributed by atoms with Crippen LogP contribution in [0, 0.1) is 11.8 Å². The van der Waals surface area contributed by atoms with E-state index in [2.05, 4.69) is 10.0 Å². The molecule has 2 aliphatic carbocycles. The third kappa shape index (κ3) is 5.25. The van der Waals surface area contributed by atoms with E-state index in [1.807, 2.05) is 6.92 Å². The predicted octanol–water partition coefficient (Wildman–Crippen LogP) is 3.81. The van der Waals surface area contributed by atoms with E-state index in [4.69, 9.17) is 40.5 Å². The van der Waals surface area contributed by atoms with E-state index in [9.17, 15) is 18.0 Å². The van der Waals surface area contributed by atoms with Crippen LogP contribution in [-0.4, -0.2) is 31.8 Å². The number of primary amides is 1. The lowest BCUT2D eigenvalue weighted by molar-refractivity contribution is -0.131. The fourth-order valence-electron chi connectivity index (χ4n) is 4.23. The van der Waals surface area contributed by atoms with Crippen LogP contribution < -0.4 is 15.8 Å². The van der Waals surface area contributed by atoms with Crippen LogP contribution in [0.5, 0.6) is 0 Å². The summed E-state index contributed by atoms with van der Waals surface area (Å²) in [5.74, 6) is -1.14. The number of nitrogens with two attached hydrogens (primary N) is 1. The summed E-state index contributed by atoms with van der Waals surface area (Å²) >= 11 is 18.0. The molecule has 1 fully saturated rings. The molecule has 32 heavy (non-hydrogen) atoms. The van der Waals surface area contributed by atoms with Crippen LogP contribution >= 0.6 is 34.8 Å². The zero-order chi connectivity index (χ0) is 23.7.